The van der Waals surface area contributed by atoms with Gasteiger partial charge in [0.25, 0.3) is 0 Å². The van der Waals surface area contributed by atoms with Crippen LogP contribution >= 0.6 is 0 Å². The molecule has 0 aliphatic heterocycles. The molecule has 2 N–H and O–H groups in total. The molecule has 2 aromatic rings. The monoisotopic (exact) mass is 314 g/mol. The third-order valence-electron chi connectivity index (χ3n) is 3.26. The van der Waals surface area contributed by atoms with Crippen LogP contribution in [0.25, 0.3) is 10.9 Å². The quantitative estimate of drug-likeness (QED) is 0.800. The molecule has 0 fully saturated rings. The summed E-state index contributed by atoms with van der Waals surface area (Å²) in [4.78, 5) is 27.2. The molecule has 1 atom stereocenters. The van der Waals surface area contributed by atoms with E-state index in [2.05, 4.69) is 16.9 Å². The zero-order valence-electron chi connectivity index (χ0n) is 12.8. The molecule has 1 amide bonds. The minimum Gasteiger partial charge on any atom is -0.480 e. The van der Waals surface area contributed by atoms with Crippen LogP contribution in [0.4, 0.5) is 4.79 Å². The molecule has 120 valence electrons. The molecule has 1 aromatic carbocycles. The average Bonchev–Trinajstić information content (AvgIpc) is 2.52. The molecule has 0 radical (unpaired) electrons. The molecule has 23 heavy (non-hydrogen) atoms. The van der Waals surface area contributed by atoms with Crippen LogP contribution < -0.4 is 5.32 Å². The number of ether oxygens (including phenoxy) is 1. The van der Waals surface area contributed by atoms with E-state index in [0.29, 0.717) is 0 Å². The number of hydrogen-bond acceptors (Lipinski definition) is 4. The number of amides is 1. The Hall–Kier alpha value is -2.89. The second-order valence-electron chi connectivity index (χ2n) is 5.11. The van der Waals surface area contributed by atoms with E-state index in [1.807, 2.05) is 37.3 Å². The molecule has 0 spiro atoms. The summed E-state index contributed by atoms with van der Waals surface area (Å²) >= 11 is 0. The number of pyridine rings is 1. The van der Waals surface area contributed by atoms with Gasteiger partial charge in [-0.05, 0) is 30.7 Å². The molecule has 0 unspecified atom stereocenters. The molecule has 0 aliphatic rings. The first-order valence-electron chi connectivity index (χ1n) is 7.13. The molecule has 0 saturated heterocycles. The highest BCUT2D eigenvalue weighted by Crippen LogP contribution is 2.16. The van der Waals surface area contributed by atoms with Crippen molar-refractivity contribution in [2.24, 2.45) is 0 Å². The van der Waals surface area contributed by atoms with E-state index in [0.717, 1.165) is 22.2 Å². The lowest BCUT2D eigenvalue weighted by Gasteiger charge is -2.14. The lowest BCUT2D eigenvalue weighted by atomic mass is 10.0. The maximum atomic E-state index is 11.5. The molecule has 6 nitrogen and oxygen atoms in total. The van der Waals surface area contributed by atoms with E-state index in [-0.39, 0.29) is 13.0 Å². The van der Waals surface area contributed by atoms with Crippen molar-refractivity contribution < 1.29 is 19.4 Å². The predicted molar refractivity (Wildman–Crippen MR) is 86.3 cm³/mol. The fraction of sp³-hybridized carbons (Fsp3) is 0.235. The summed E-state index contributed by atoms with van der Waals surface area (Å²) in [5.74, 6) is -1.12. The number of aliphatic carboxylic acids is 1. The second-order valence-corrected chi connectivity index (χ2v) is 5.11. The Bertz CT molecular complexity index is 742. The largest absolute Gasteiger partial charge is 0.480 e. The smallest absolute Gasteiger partial charge is 0.408 e. The number of aromatic nitrogens is 1. The van der Waals surface area contributed by atoms with E-state index in [9.17, 15) is 14.7 Å². The lowest BCUT2D eigenvalue weighted by Crippen LogP contribution is -2.42. The van der Waals surface area contributed by atoms with E-state index in [1.54, 1.807) is 0 Å². The molecule has 0 bridgehead atoms. The number of carboxylic acids is 1. The van der Waals surface area contributed by atoms with Crippen LogP contribution in [-0.2, 0) is 16.0 Å². The topological polar surface area (TPSA) is 88.5 Å². The number of fused-ring (bicyclic) bond motifs is 1. The Morgan fingerprint density at radius 1 is 1.39 bits per heavy atom. The number of carbonyl (C=O) groups is 2. The van der Waals surface area contributed by atoms with Gasteiger partial charge in [0.2, 0.25) is 0 Å². The third kappa shape index (κ3) is 4.54. The van der Waals surface area contributed by atoms with Crippen molar-refractivity contribution in [2.45, 2.75) is 19.4 Å². The summed E-state index contributed by atoms with van der Waals surface area (Å²) in [6.07, 6.45) is 0.783. The van der Waals surface area contributed by atoms with Crippen molar-refractivity contribution in [1.82, 2.24) is 10.3 Å². The number of benzene rings is 1. The zero-order chi connectivity index (χ0) is 16.8. The summed E-state index contributed by atoms with van der Waals surface area (Å²) in [7, 11) is 0. The molecule has 0 aliphatic carbocycles. The fourth-order valence-corrected chi connectivity index (χ4v) is 2.16. The van der Waals surface area contributed by atoms with Crippen molar-refractivity contribution in [3.8, 4) is 0 Å². The van der Waals surface area contributed by atoms with Crippen LogP contribution in [0.15, 0.2) is 43.0 Å². The Labute approximate surface area is 133 Å². The van der Waals surface area contributed by atoms with Gasteiger partial charge >= 0.3 is 12.1 Å². The number of rotatable bonds is 6. The third-order valence-corrected chi connectivity index (χ3v) is 3.26. The van der Waals surface area contributed by atoms with E-state index >= 15 is 0 Å². The Kier molecular flexibility index (Phi) is 5.30. The van der Waals surface area contributed by atoms with Gasteiger partial charge in [-0.15, -0.1) is 0 Å². The number of aryl methyl sites for hydroxylation is 1. The van der Waals surface area contributed by atoms with Crippen LogP contribution in [0.1, 0.15) is 11.3 Å². The Morgan fingerprint density at radius 3 is 2.87 bits per heavy atom. The highest BCUT2D eigenvalue weighted by molar-refractivity contribution is 5.82. The predicted octanol–water partition coefficient (Wildman–Crippen LogP) is 2.45. The molecule has 6 heteroatoms. The summed E-state index contributed by atoms with van der Waals surface area (Å²) in [5, 5.41) is 12.5. The van der Waals surface area contributed by atoms with Crippen molar-refractivity contribution >= 4 is 23.0 Å². The van der Waals surface area contributed by atoms with Gasteiger partial charge in [0.1, 0.15) is 12.6 Å². The maximum absolute atomic E-state index is 11.5. The normalized spacial score (nSPS) is 11.7. The van der Waals surface area contributed by atoms with E-state index < -0.39 is 18.1 Å². The number of nitrogens with zero attached hydrogens (tertiary/aromatic N) is 1. The number of carboxylic acid groups (broad SMARTS) is 1. The fourth-order valence-electron chi connectivity index (χ4n) is 2.16. The van der Waals surface area contributed by atoms with Gasteiger partial charge in [-0.2, -0.15) is 0 Å². The van der Waals surface area contributed by atoms with Crippen LogP contribution in [-0.4, -0.2) is 34.8 Å². The SMILES string of the molecule is C=CCOC(=O)N[C@H](Cc1ccc2nc(C)ccc2c1)C(=O)O. The van der Waals surface area contributed by atoms with Gasteiger partial charge in [0.15, 0.2) is 0 Å². The van der Waals surface area contributed by atoms with Gasteiger partial charge in [-0.1, -0.05) is 24.8 Å². The van der Waals surface area contributed by atoms with Crippen molar-refractivity contribution in [3.63, 3.8) is 0 Å². The van der Waals surface area contributed by atoms with E-state index in [1.165, 1.54) is 6.08 Å². The summed E-state index contributed by atoms with van der Waals surface area (Å²) < 4.78 is 4.75. The molecular formula is C17H18N2O4. The molecule has 2 rings (SSSR count). The van der Waals surface area contributed by atoms with Gasteiger partial charge in [0.05, 0.1) is 5.52 Å². The lowest BCUT2D eigenvalue weighted by molar-refractivity contribution is -0.139. The van der Waals surface area contributed by atoms with Gasteiger partial charge in [-0.25, -0.2) is 9.59 Å². The van der Waals surface area contributed by atoms with E-state index in [4.69, 9.17) is 4.74 Å². The number of hydrogen-bond donors (Lipinski definition) is 2. The first-order valence-corrected chi connectivity index (χ1v) is 7.13. The molecule has 0 saturated carbocycles. The number of nitrogens with one attached hydrogen (secondary N) is 1. The zero-order valence-corrected chi connectivity index (χ0v) is 12.8. The van der Waals surface area contributed by atoms with Gasteiger partial charge in [-0.3, -0.25) is 4.98 Å². The van der Waals surface area contributed by atoms with Crippen LogP contribution in [0.3, 0.4) is 0 Å². The van der Waals surface area contributed by atoms with Gasteiger partial charge < -0.3 is 15.2 Å². The first kappa shape index (κ1) is 16.5. The second kappa shape index (κ2) is 7.40. The summed E-state index contributed by atoms with van der Waals surface area (Å²) in [6, 6.07) is 8.28. The maximum Gasteiger partial charge on any atom is 0.408 e. The van der Waals surface area contributed by atoms with Crippen LogP contribution in [0.5, 0.6) is 0 Å². The number of alkyl carbamates (subject to hydrolysis) is 1. The Balaban J connectivity index is 2.13. The molecule has 1 aromatic heterocycles. The van der Waals surface area contributed by atoms with Crippen molar-refractivity contribution in [3.05, 3.63) is 54.2 Å². The average molecular weight is 314 g/mol. The van der Waals surface area contributed by atoms with Crippen LogP contribution in [0, 0.1) is 6.92 Å². The van der Waals surface area contributed by atoms with Crippen molar-refractivity contribution in [2.75, 3.05) is 6.61 Å². The van der Waals surface area contributed by atoms with Crippen LogP contribution in [0.2, 0.25) is 0 Å². The number of carbonyl (C=O) groups excluding carboxylic acids is 1. The summed E-state index contributed by atoms with van der Waals surface area (Å²) in [6.45, 7) is 5.36. The van der Waals surface area contributed by atoms with Crippen molar-refractivity contribution in [1.29, 1.82) is 0 Å². The molecular weight excluding hydrogens is 296 g/mol. The highest BCUT2D eigenvalue weighted by Gasteiger charge is 2.21. The first-order chi connectivity index (χ1) is 11.0. The minimum absolute atomic E-state index is 0.0270. The highest BCUT2D eigenvalue weighted by atomic mass is 16.5. The Morgan fingerprint density at radius 2 is 2.17 bits per heavy atom. The summed E-state index contributed by atoms with van der Waals surface area (Å²) in [5.41, 5.74) is 2.55. The standard InChI is InChI=1S/C17H18N2O4/c1-3-8-23-17(22)19-15(16(20)21)10-12-5-7-14-13(9-12)6-4-11(2)18-14/h3-7,9,15H,1,8,10H2,2H3,(H,19,22)(H,20,21)/t15-/m1/s1. The van der Waals surface area contributed by atoms with Gasteiger partial charge in [0, 0.05) is 17.5 Å². The minimum atomic E-state index is -1.12. The molecule has 1 heterocycles.